The summed E-state index contributed by atoms with van der Waals surface area (Å²) in [6.45, 7) is 7.83. The zero-order valence-electron chi connectivity index (χ0n) is 9.84. The third kappa shape index (κ3) is 2.82. The lowest BCUT2D eigenvalue weighted by Crippen LogP contribution is -2.24. The van der Waals surface area contributed by atoms with Gasteiger partial charge in [-0.1, -0.05) is 18.2 Å². The van der Waals surface area contributed by atoms with E-state index in [-0.39, 0.29) is 5.91 Å². The second-order valence-electron chi connectivity index (χ2n) is 4.00. The average Bonchev–Trinajstić information content (AvgIpc) is 2.30. The van der Waals surface area contributed by atoms with Crippen LogP contribution in [0, 0.1) is 0 Å². The van der Waals surface area contributed by atoms with Gasteiger partial charge in [-0.2, -0.15) is 0 Å². The van der Waals surface area contributed by atoms with Crippen molar-refractivity contribution in [3.8, 4) is 0 Å². The Morgan fingerprint density at radius 1 is 1.47 bits per heavy atom. The smallest absolute Gasteiger partial charge is 0.226 e. The predicted octanol–water partition coefficient (Wildman–Crippen LogP) is 3.04. The highest BCUT2D eigenvalue weighted by Crippen LogP contribution is 2.25. The molecule has 1 fully saturated rings. The van der Waals surface area contributed by atoms with Gasteiger partial charge in [0.05, 0.1) is 0 Å². The molecular weight excluding hydrogens is 186 g/mol. The molecule has 0 aliphatic carbocycles. The molecule has 0 unspecified atom stereocenters. The van der Waals surface area contributed by atoms with Gasteiger partial charge in [0.15, 0.2) is 0 Å². The largest absolute Gasteiger partial charge is 0.315 e. The van der Waals surface area contributed by atoms with Gasteiger partial charge in [0.25, 0.3) is 0 Å². The zero-order valence-corrected chi connectivity index (χ0v) is 9.84. The highest BCUT2D eigenvalue weighted by atomic mass is 16.2. The molecule has 0 radical (unpaired) electrons. The van der Waals surface area contributed by atoms with Gasteiger partial charge in [-0.3, -0.25) is 4.79 Å². The summed E-state index contributed by atoms with van der Waals surface area (Å²) in [5.74, 6) is 0.194. The van der Waals surface area contributed by atoms with Crippen LogP contribution in [0.3, 0.4) is 0 Å². The van der Waals surface area contributed by atoms with Crippen LogP contribution in [0.2, 0.25) is 0 Å². The van der Waals surface area contributed by atoms with Crippen molar-refractivity contribution < 1.29 is 4.79 Å². The summed E-state index contributed by atoms with van der Waals surface area (Å²) in [6.07, 6.45) is 6.63. The maximum absolute atomic E-state index is 11.7. The van der Waals surface area contributed by atoms with Crippen LogP contribution >= 0.6 is 0 Å². The van der Waals surface area contributed by atoms with E-state index >= 15 is 0 Å². The van der Waals surface area contributed by atoms with Crippen molar-refractivity contribution in [2.75, 3.05) is 7.05 Å². The maximum Gasteiger partial charge on any atom is 0.226 e. The lowest BCUT2D eigenvalue weighted by molar-refractivity contribution is -0.127. The summed E-state index contributed by atoms with van der Waals surface area (Å²) in [7, 11) is 1.84. The summed E-state index contributed by atoms with van der Waals surface area (Å²) >= 11 is 0. The molecule has 1 saturated heterocycles. The molecule has 2 nitrogen and oxygen atoms in total. The van der Waals surface area contributed by atoms with Crippen LogP contribution in [0.1, 0.15) is 33.1 Å². The highest BCUT2D eigenvalue weighted by Gasteiger charge is 2.20. The molecule has 1 heterocycles. The van der Waals surface area contributed by atoms with Crippen LogP contribution in [0.25, 0.3) is 0 Å². The van der Waals surface area contributed by atoms with E-state index in [2.05, 4.69) is 12.7 Å². The fourth-order valence-corrected chi connectivity index (χ4v) is 1.79. The molecule has 0 N–H and O–H groups in total. The van der Waals surface area contributed by atoms with E-state index in [1.54, 1.807) is 4.90 Å². The number of allylic oxidation sites excluding steroid dienone is 4. The van der Waals surface area contributed by atoms with Crippen LogP contribution in [0.5, 0.6) is 0 Å². The lowest BCUT2D eigenvalue weighted by atomic mass is 10.1. The molecule has 1 amide bonds. The Morgan fingerprint density at radius 3 is 2.67 bits per heavy atom. The maximum atomic E-state index is 11.7. The summed E-state index contributed by atoms with van der Waals surface area (Å²) in [5, 5.41) is 0. The number of carbonyl (C=O) groups is 1. The fourth-order valence-electron chi connectivity index (χ4n) is 1.79. The van der Waals surface area contributed by atoms with E-state index in [9.17, 15) is 4.79 Å². The van der Waals surface area contributed by atoms with E-state index < -0.39 is 0 Å². The summed E-state index contributed by atoms with van der Waals surface area (Å²) < 4.78 is 0. The second-order valence-corrected chi connectivity index (χ2v) is 4.00. The van der Waals surface area contributed by atoms with Crippen molar-refractivity contribution in [1.29, 1.82) is 0 Å². The van der Waals surface area contributed by atoms with Gasteiger partial charge in [0.1, 0.15) is 0 Å². The van der Waals surface area contributed by atoms with Crippen molar-refractivity contribution >= 4 is 5.91 Å². The Kier molecular flexibility index (Phi) is 3.89. The minimum atomic E-state index is 0.194. The molecule has 0 aromatic heterocycles. The highest BCUT2D eigenvalue weighted by molar-refractivity contribution is 5.79. The van der Waals surface area contributed by atoms with E-state index in [4.69, 9.17) is 0 Å². The number of hydrogen-bond acceptors (Lipinski definition) is 1. The minimum absolute atomic E-state index is 0.194. The number of hydrogen-bond donors (Lipinski definition) is 0. The molecule has 0 saturated carbocycles. The number of carbonyl (C=O) groups excluding carboxylic acids is 1. The van der Waals surface area contributed by atoms with Crippen molar-refractivity contribution in [1.82, 2.24) is 4.90 Å². The number of rotatable bonds is 1. The Bertz CT molecular complexity index is 336. The zero-order chi connectivity index (χ0) is 11.4. The van der Waals surface area contributed by atoms with E-state index in [0.717, 1.165) is 24.1 Å². The first kappa shape index (κ1) is 11.8. The first-order valence-corrected chi connectivity index (χ1v) is 5.35. The minimum Gasteiger partial charge on any atom is -0.315 e. The first-order valence-electron chi connectivity index (χ1n) is 5.35. The molecule has 15 heavy (non-hydrogen) atoms. The van der Waals surface area contributed by atoms with Gasteiger partial charge < -0.3 is 4.90 Å². The third-order valence-corrected chi connectivity index (χ3v) is 2.63. The molecule has 0 spiro atoms. The fraction of sp³-hybridized carbons (Fsp3) is 0.462. The van der Waals surface area contributed by atoms with Crippen molar-refractivity contribution in [2.24, 2.45) is 0 Å². The van der Waals surface area contributed by atoms with Crippen molar-refractivity contribution in [2.45, 2.75) is 33.1 Å². The average molecular weight is 205 g/mol. The number of likely N-dealkylation sites (tertiary alicyclic amines) is 1. The lowest BCUT2D eigenvalue weighted by Gasteiger charge is -2.19. The van der Waals surface area contributed by atoms with Crippen LogP contribution < -0.4 is 0 Å². The van der Waals surface area contributed by atoms with Crippen molar-refractivity contribution in [3.05, 3.63) is 35.6 Å². The summed E-state index contributed by atoms with van der Waals surface area (Å²) in [6, 6.07) is 0. The van der Waals surface area contributed by atoms with E-state index in [0.29, 0.717) is 6.42 Å². The predicted molar refractivity (Wildman–Crippen MR) is 63.3 cm³/mol. The normalized spacial score (nSPS) is 23.4. The van der Waals surface area contributed by atoms with Crippen LogP contribution in [0.15, 0.2) is 35.6 Å². The van der Waals surface area contributed by atoms with Gasteiger partial charge in [-0.15, -0.1) is 0 Å². The molecule has 2 heteroatoms. The molecule has 0 aromatic carbocycles. The molecule has 0 aromatic rings. The van der Waals surface area contributed by atoms with Gasteiger partial charge in [-0.25, -0.2) is 0 Å². The number of nitrogens with zero attached hydrogens (tertiary/aromatic N) is 1. The number of likely N-dealkylation sites (N-methyl/N-ethyl adjacent to an activating group) is 1. The monoisotopic (exact) mass is 205 g/mol. The standard InChI is InChI=1S/C13H19NO/c1-5-11-7-6-8-13(15)14(4)12(11)9-10(2)3/h5,9H,2,6-8H2,1,3-4H3/b11-5-,12-9?. The van der Waals surface area contributed by atoms with Crippen LogP contribution in [-0.2, 0) is 4.79 Å². The van der Waals surface area contributed by atoms with Crippen LogP contribution in [0.4, 0.5) is 0 Å². The van der Waals surface area contributed by atoms with Gasteiger partial charge in [-0.05, 0) is 38.3 Å². The van der Waals surface area contributed by atoms with Crippen LogP contribution in [-0.4, -0.2) is 17.9 Å². The SMILES string of the molecule is C=C(C)C=C1/C(=C\C)CCCC(=O)N1C. The van der Waals surface area contributed by atoms with Crippen molar-refractivity contribution in [3.63, 3.8) is 0 Å². The molecule has 1 aliphatic rings. The molecule has 1 aliphatic heterocycles. The topological polar surface area (TPSA) is 20.3 Å². The van der Waals surface area contributed by atoms with E-state index in [1.165, 1.54) is 5.57 Å². The Morgan fingerprint density at radius 2 is 2.13 bits per heavy atom. The summed E-state index contributed by atoms with van der Waals surface area (Å²) in [4.78, 5) is 13.4. The quantitative estimate of drug-likeness (QED) is 0.644. The Hall–Kier alpha value is -1.31. The third-order valence-electron chi connectivity index (χ3n) is 2.63. The molecule has 0 bridgehead atoms. The Balaban J connectivity index is 3.11. The molecule has 1 rings (SSSR count). The number of amides is 1. The van der Waals surface area contributed by atoms with E-state index in [1.807, 2.05) is 27.0 Å². The van der Waals surface area contributed by atoms with Gasteiger partial charge in [0.2, 0.25) is 5.91 Å². The van der Waals surface area contributed by atoms with Gasteiger partial charge >= 0.3 is 0 Å². The molecule has 0 atom stereocenters. The molecule has 82 valence electrons. The summed E-state index contributed by atoms with van der Waals surface area (Å²) in [5.41, 5.74) is 3.23. The Labute approximate surface area is 92.0 Å². The molecular formula is C13H19NO. The first-order chi connectivity index (χ1) is 7.06. The van der Waals surface area contributed by atoms with Gasteiger partial charge in [0, 0.05) is 19.2 Å². The second kappa shape index (κ2) is 4.96.